The van der Waals surface area contributed by atoms with E-state index in [9.17, 15) is 9.90 Å². The molecule has 0 radical (unpaired) electrons. The van der Waals surface area contributed by atoms with Crippen LogP contribution >= 0.6 is 0 Å². The van der Waals surface area contributed by atoms with Crippen LogP contribution in [-0.4, -0.2) is 36.0 Å². The van der Waals surface area contributed by atoms with Gasteiger partial charge in [-0.05, 0) is 25.7 Å². The smallest absolute Gasteiger partial charge is 0.311 e. The van der Waals surface area contributed by atoms with Gasteiger partial charge in [0.1, 0.15) is 0 Å². The van der Waals surface area contributed by atoms with E-state index >= 15 is 0 Å². The largest absolute Gasteiger partial charge is 0.481 e. The quantitative estimate of drug-likeness (QED) is 0.659. The lowest BCUT2D eigenvalue weighted by Gasteiger charge is -2.32. The first-order valence-corrected chi connectivity index (χ1v) is 5.63. The predicted molar refractivity (Wildman–Crippen MR) is 55.7 cm³/mol. The van der Waals surface area contributed by atoms with Crippen molar-refractivity contribution in [1.82, 2.24) is 0 Å². The monoisotopic (exact) mass is 216 g/mol. The fourth-order valence-corrected chi connectivity index (χ4v) is 2.08. The molecule has 1 rings (SSSR count). The summed E-state index contributed by atoms with van der Waals surface area (Å²) < 4.78 is 5.27. The van der Waals surface area contributed by atoms with Gasteiger partial charge in [-0.25, -0.2) is 0 Å². The molecule has 1 unspecified atom stereocenters. The van der Waals surface area contributed by atoms with E-state index in [0.29, 0.717) is 19.6 Å². The van der Waals surface area contributed by atoms with E-state index in [1.807, 2.05) is 0 Å². The van der Waals surface area contributed by atoms with Gasteiger partial charge in [-0.15, -0.1) is 0 Å². The maximum Gasteiger partial charge on any atom is 0.311 e. The van der Waals surface area contributed by atoms with E-state index < -0.39 is 11.4 Å². The molecule has 1 atom stereocenters. The van der Waals surface area contributed by atoms with Crippen LogP contribution < -0.4 is 0 Å². The predicted octanol–water partition coefficient (Wildman–Crippen LogP) is 1.42. The third-order valence-corrected chi connectivity index (χ3v) is 3.09. The van der Waals surface area contributed by atoms with Crippen LogP contribution in [0.3, 0.4) is 0 Å². The van der Waals surface area contributed by atoms with Crippen LogP contribution in [0.1, 0.15) is 38.5 Å². The first-order chi connectivity index (χ1) is 7.21. The zero-order chi connectivity index (χ0) is 11.1. The van der Waals surface area contributed by atoms with Gasteiger partial charge in [0.05, 0.1) is 12.0 Å². The minimum absolute atomic E-state index is 0.191. The molecular weight excluding hydrogens is 196 g/mol. The Morgan fingerprint density at radius 1 is 1.33 bits per heavy atom. The summed E-state index contributed by atoms with van der Waals surface area (Å²) in [6.45, 7) is 1.23. The Hall–Kier alpha value is -0.610. The summed E-state index contributed by atoms with van der Waals surface area (Å²) in [6.07, 6.45) is 4.74. The maximum atomic E-state index is 11.2. The number of aliphatic carboxylic acids is 1. The Bertz CT molecular complexity index is 197. The van der Waals surface area contributed by atoms with Crippen molar-refractivity contribution >= 4 is 5.97 Å². The average Bonchev–Trinajstić information content (AvgIpc) is 2.26. The van der Waals surface area contributed by atoms with Crippen LogP contribution in [-0.2, 0) is 9.53 Å². The molecule has 1 aliphatic heterocycles. The molecule has 0 amide bonds. The van der Waals surface area contributed by atoms with Gasteiger partial charge in [-0.3, -0.25) is 4.79 Å². The van der Waals surface area contributed by atoms with Crippen molar-refractivity contribution in [2.75, 3.05) is 19.8 Å². The normalized spacial score (nSPS) is 26.5. The van der Waals surface area contributed by atoms with Gasteiger partial charge >= 0.3 is 5.97 Å². The van der Waals surface area contributed by atoms with Gasteiger partial charge < -0.3 is 14.9 Å². The molecule has 1 fully saturated rings. The van der Waals surface area contributed by atoms with Crippen molar-refractivity contribution < 1.29 is 19.7 Å². The SMILES string of the molecule is O=C(O)C1(CCCCCO)CCCOC1. The third-order valence-electron chi connectivity index (χ3n) is 3.09. The zero-order valence-electron chi connectivity index (χ0n) is 9.07. The molecular formula is C11H20O4. The van der Waals surface area contributed by atoms with E-state index in [1.54, 1.807) is 0 Å². The third kappa shape index (κ3) is 3.47. The topological polar surface area (TPSA) is 66.8 Å². The van der Waals surface area contributed by atoms with Crippen LogP contribution in [0.25, 0.3) is 0 Å². The lowest BCUT2D eigenvalue weighted by atomic mass is 9.78. The zero-order valence-corrected chi connectivity index (χ0v) is 9.07. The van der Waals surface area contributed by atoms with Crippen LogP contribution in [0, 0.1) is 5.41 Å². The molecule has 88 valence electrons. The number of rotatable bonds is 6. The highest BCUT2D eigenvalue weighted by Crippen LogP contribution is 2.34. The van der Waals surface area contributed by atoms with Crippen molar-refractivity contribution in [2.45, 2.75) is 38.5 Å². The lowest BCUT2D eigenvalue weighted by Crippen LogP contribution is -2.39. The number of ether oxygens (including phenoxy) is 1. The lowest BCUT2D eigenvalue weighted by molar-refractivity contribution is -0.158. The number of aliphatic hydroxyl groups excluding tert-OH is 1. The van der Waals surface area contributed by atoms with Crippen molar-refractivity contribution in [2.24, 2.45) is 5.41 Å². The van der Waals surface area contributed by atoms with Crippen molar-refractivity contribution in [1.29, 1.82) is 0 Å². The minimum atomic E-state index is -0.730. The number of unbranched alkanes of at least 4 members (excludes halogenated alkanes) is 2. The second-order valence-corrected chi connectivity index (χ2v) is 4.28. The van der Waals surface area contributed by atoms with Crippen molar-refractivity contribution in [3.8, 4) is 0 Å². The maximum absolute atomic E-state index is 11.2. The van der Waals surface area contributed by atoms with Crippen molar-refractivity contribution in [3.05, 3.63) is 0 Å². The molecule has 0 aromatic carbocycles. The highest BCUT2D eigenvalue weighted by Gasteiger charge is 2.39. The summed E-state index contributed by atoms with van der Waals surface area (Å²) >= 11 is 0. The number of hydrogen-bond acceptors (Lipinski definition) is 3. The van der Waals surface area contributed by atoms with Gasteiger partial charge in [-0.2, -0.15) is 0 Å². The molecule has 2 N–H and O–H groups in total. The number of aliphatic hydroxyl groups is 1. The summed E-state index contributed by atoms with van der Waals surface area (Å²) in [5.74, 6) is -0.730. The molecule has 0 bridgehead atoms. The Morgan fingerprint density at radius 2 is 2.13 bits per heavy atom. The second-order valence-electron chi connectivity index (χ2n) is 4.28. The van der Waals surface area contributed by atoms with Crippen molar-refractivity contribution in [3.63, 3.8) is 0 Å². The molecule has 0 aromatic rings. The summed E-state index contributed by atoms with van der Waals surface area (Å²) in [4.78, 5) is 11.2. The molecule has 1 heterocycles. The Morgan fingerprint density at radius 3 is 2.67 bits per heavy atom. The number of hydrogen-bond donors (Lipinski definition) is 2. The van der Waals surface area contributed by atoms with Crippen LogP contribution in [0.15, 0.2) is 0 Å². The second kappa shape index (κ2) is 6.08. The molecule has 1 aliphatic rings. The number of carbonyl (C=O) groups is 1. The number of carboxylic acids is 1. The highest BCUT2D eigenvalue weighted by atomic mass is 16.5. The summed E-state index contributed by atoms with van der Waals surface area (Å²) in [6, 6.07) is 0. The van der Waals surface area contributed by atoms with E-state index in [4.69, 9.17) is 9.84 Å². The summed E-state index contributed by atoms with van der Waals surface area (Å²) in [5, 5.41) is 17.9. The van der Waals surface area contributed by atoms with E-state index in [1.165, 1.54) is 0 Å². The summed E-state index contributed by atoms with van der Waals surface area (Å²) in [5.41, 5.74) is -0.659. The molecule has 1 saturated heterocycles. The first kappa shape index (κ1) is 12.5. The molecule has 0 aromatic heterocycles. The molecule has 0 aliphatic carbocycles. The minimum Gasteiger partial charge on any atom is -0.481 e. The van der Waals surface area contributed by atoms with Crippen LogP contribution in [0.5, 0.6) is 0 Å². The highest BCUT2D eigenvalue weighted by molar-refractivity contribution is 5.74. The Kier molecular flexibility index (Phi) is 5.05. The van der Waals surface area contributed by atoms with Gasteiger partial charge in [0.25, 0.3) is 0 Å². The molecule has 15 heavy (non-hydrogen) atoms. The van der Waals surface area contributed by atoms with Crippen LogP contribution in [0.4, 0.5) is 0 Å². The van der Waals surface area contributed by atoms with Crippen LogP contribution in [0.2, 0.25) is 0 Å². The van der Waals surface area contributed by atoms with E-state index in [2.05, 4.69) is 0 Å². The fourth-order valence-electron chi connectivity index (χ4n) is 2.08. The molecule has 4 heteroatoms. The van der Waals surface area contributed by atoms with E-state index in [-0.39, 0.29) is 6.61 Å². The van der Waals surface area contributed by atoms with E-state index in [0.717, 1.165) is 32.1 Å². The van der Waals surface area contributed by atoms with Gasteiger partial charge in [0.2, 0.25) is 0 Å². The van der Waals surface area contributed by atoms with Gasteiger partial charge in [0, 0.05) is 13.2 Å². The Labute approximate surface area is 90.2 Å². The molecule has 0 spiro atoms. The summed E-state index contributed by atoms with van der Waals surface area (Å²) in [7, 11) is 0. The first-order valence-electron chi connectivity index (χ1n) is 5.63. The molecule has 4 nitrogen and oxygen atoms in total. The number of carboxylic acid groups (broad SMARTS) is 1. The van der Waals surface area contributed by atoms with Gasteiger partial charge in [0.15, 0.2) is 0 Å². The van der Waals surface area contributed by atoms with Gasteiger partial charge in [-0.1, -0.05) is 12.8 Å². The Balaban J connectivity index is 2.39. The standard InChI is InChI=1S/C11H20O4/c12-7-3-1-2-5-11(10(13)14)6-4-8-15-9-11/h12H,1-9H2,(H,13,14). The fraction of sp³-hybridized carbons (Fsp3) is 0.909. The molecule has 0 saturated carbocycles. The average molecular weight is 216 g/mol.